The maximum atomic E-state index is 14.3. The van der Waals surface area contributed by atoms with E-state index in [0.717, 1.165) is 54.6 Å². The van der Waals surface area contributed by atoms with Crippen molar-refractivity contribution in [2.75, 3.05) is 15.7 Å². The monoisotopic (exact) mass is 605 g/mol. The average Bonchev–Trinajstić information content (AvgIpc) is 3.25. The smallest absolute Gasteiger partial charge is 0.373 e. The van der Waals surface area contributed by atoms with Gasteiger partial charge in [-0.3, -0.25) is 4.79 Å². The zero-order valence-corrected chi connectivity index (χ0v) is 26.7. The first kappa shape index (κ1) is 28.1. The normalized spacial score (nSPS) is 23.0. The van der Waals surface area contributed by atoms with Crippen molar-refractivity contribution in [2.45, 2.75) is 88.6 Å². The van der Waals surface area contributed by atoms with Crippen LogP contribution in [0.2, 0.25) is 17.5 Å². The molecular weight excluding hydrogens is 564 g/mol. The zero-order valence-electron chi connectivity index (χ0n) is 26.7. The second-order valence-corrected chi connectivity index (χ2v) is 14.5. The lowest BCUT2D eigenvalue weighted by Gasteiger charge is -2.35. The van der Waals surface area contributed by atoms with Gasteiger partial charge in [-0.15, -0.1) is 0 Å². The SMILES string of the molecule is CC1C=c2c(=C3C(=O)C(c4ccc5cccc6c5c4NB(C4CCCCC4)N6)=C3O)ccc3cccc(c23)NB1C1CCCCC1. The Labute approximate surface area is 271 Å². The zero-order chi connectivity index (χ0) is 30.9. The summed E-state index contributed by atoms with van der Waals surface area (Å²) in [6, 6.07) is 21.1. The van der Waals surface area contributed by atoms with E-state index in [4.69, 9.17) is 0 Å². The lowest BCUT2D eigenvalue weighted by molar-refractivity contribution is -0.109. The van der Waals surface area contributed by atoms with Crippen LogP contribution in [0.15, 0.2) is 66.4 Å². The Balaban J connectivity index is 1.20. The summed E-state index contributed by atoms with van der Waals surface area (Å²) < 4.78 is 0. The van der Waals surface area contributed by atoms with Crippen molar-refractivity contribution in [1.82, 2.24) is 0 Å². The van der Waals surface area contributed by atoms with E-state index >= 15 is 0 Å². The Morgan fingerprint density at radius 1 is 0.696 bits per heavy atom. The number of ketones is 1. The number of hydrogen-bond acceptors (Lipinski definition) is 5. The molecular formula is C39H41B2N3O2. The second kappa shape index (κ2) is 11.0. The van der Waals surface area contributed by atoms with E-state index in [1.54, 1.807) is 0 Å². The Morgan fingerprint density at radius 3 is 2.07 bits per heavy atom. The minimum absolute atomic E-state index is 0.0738. The number of nitrogens with one attached hydrogen (secondary N) is 3. The van der Waals surface area contributed by atoms with Crippen LogP contribution in [0.1, 0.15) is 76.7 Å². The summed E-state index contributed by atoms with van der Waals surface area (Å²) in [7, 11) is 0. The van der Waals surface area contributed by atoms with E-state index in [0.29, 0.717) is 29.6 Å². The second-order valence-electron chi connectivity index (χ2n) is 14.5. The third kappa shape index (κ3) is 4.34. The molecule has 4 aromatic rings. The fraction of sp³-hybridized carbons (Fsp3) is 0.359. The molecule has 2 fully saturated rings. The highest BCUT2D eigenvalue weighted by molar-refractivity contribution is 6.70. The van der Waals surface area contributed by atoms with E-state index in [1.165, 1.54) is 64.2 Å². The summed E-state index contributed by atoms with van der Waals surface area (Å²) in [5.74, 6) is 1.50. The van der Waals surface area contributed by atoms with E-state index in [9.17, 15) is 9.90 Å². The number of carbonyl (C=O) groups excluding carboxylic acids is 1. The Kier molecular flexibility index (Phi) is 6.73. The Morgan fingerprint density at radius 2 is 1.35 bits per heavy atom. The number of allylic oxidation sites excluding steroid dienone is 2. The lowest BCUT2D eigenvalue weighted by atomic mass is 9.41. The molecule has 0 amide bonds. The van der Waals surface area contributed by atoms with Gasteiger partial charge in [0.15, 0.2) is 0 Å². The molecule has 1 atom stereocenters. The maximum absolute atomic E-state index is 14.3. The topological polar surface area (TPSA) is 73.4 Å². The molecule has 7 heteroatoms. The molecule has 4 aromatic carbocycles. The van der Waals surface area contributed by atoms with Crippen LogP contribution < -0.4 is 26.1 Å². The average molecular weight is 605 g/mol. The van der Waals surface area contributed by atoms with Crippen molar-refractivity contribution in [2.24, 2.45) is 0 Å². The standard InChI is InChI=1S/C39H41B2N3O2/c1-23-22-30-28(20-18-24-10-8-16-31(33(24)30)42-40(23)26-12-4-2-5-13-26)35-38(45)36(39(35)46)29-21-19-25-11-9-17-32-34(25)37(29)44-41(43-32)27-14-6-3-7-15-27/h8-11,16-23,26-27,42-45H,2-7,12-15H2,1H3. The summed E-state index contributed by atoms with van der Waals surface area (Å²) in [5.41, 5.74) is 4.88. The van der Waals surface area contributed by atoms with Gasteiger partial charge in [-0.2, -0.15) is 0 Å². The molecule has 0 bridgehead atoms. The number of aliphatic hydroxyl groups is 1. The third-order valence-electron chi connectivity index (χ3n) is 11.8. The van der Waals surface area contributed by atoms with Crippen LogP contribution in [0, 0.1) is 0 Å². The van der Waals surface area contributed by atoms with Gasteiger partial charge in [0.05, 0.1) is 11.1 Å². The number of anilines is 3. The van der Waals surface area contributed by atoms with Crippen LogP contribution in [0.3, 0.4) is 0 Å². The molecule has 9 rings (SSSR count). The minimum atomic E-state index is -0.0738. The van der Waals surface area contributed by atoms with Crippen molar-refractivity contribution in [3.05, 3.63) is 82.4 Å². The summed E-state index contributed by atoms with van der Waals surface area (Å²) in [5, 5.41) is 29.9. The van der Waals surface area contributed by atoms with Crippen LogP contribution >= 0.6 is 0 Å². The number of benzene rings is 4. The Bertz CT molecular complexity index is 2080. The molecule has 4 N–H and O–H groups in total. The van der Waals surface area contributed by atoms with Gasteiger partial charge in [-0.05, 0) is 50.8 Å². The van der Waals surface area contributed by atoms with Gasteiger partial charge in [0.25, 0.3) is 6.85 Å². The highest BCUT2D eigenvalue weighted by atomic mass is 16.3. The van der Waals surface area contributed by atoms with Gasteiger partial charge in [-0.25, -0.2) is 0 Å². The Hall–Kier alpha value is -4.12. The molecule has 0 radical (unpaired) electrons. The fourth-order valence-corrected chi connectivity index (χ4v) is 9.46. The van der Waals surface area contributed by atoms with Gasteiger partial charge in [0.2, 0.25) is 5.78 Å². The largest absolute Gasteiger partial charge is 0.506 e. The number of carbonyl (C=O) groups is 1. The van der Waals surface area contributed by atoms with Crippen molar-refractivity contribution in [3.63, 3.8) is 0 Å². The van der Waals surface area contributed by atoms with Crippen molar-refractivity contribution < 1.29 is 9.90 Å². The van der Waals surface area contributed by atoms with Crippen LogP contribution in [-0.4, -0.2) is 24.7 Å². The predicted octanol–water partition coefficient (Wildman–Crippen LogP) is 8.28. The van der Waals surface area contributed by atoms with Gasteiger partial charge in [0.1, 0.15) is 5.76 Å². The molecule has 0 aromatic heterocycles. The number of hydrogen-bond donors (Lipinski definition) is 4. The van der Waals surface area contributed by atoms with Gasteiger partial charge in [-0.1, -0.05) is 126 Å². The van der Waals surface area contributed by atoms with E-state index in [-0.39, 0.29) is 24.3 Å². The summed E-state index contributed by atoms with van der Waals surface area (Å²) in [6.45, 7) is 2.77. The van der Waals surface area contributed by atoms with Crippen LogP contribution in [0.25, 0.3) is 38.8 Å². The highest BCUT2D eigenvalue weighted by Crippen LogP contribution is 2.47. The molecule has 230 valence electrons. The van der Waals surface area contributed by atoms with Gasteiger partial charge in [0, 0.05) is 33.4 Å². The molecule has 0 spiro atoms. The first-order chi connectivity index (χ1) is 22.6. The molecule has 2 aliphatic heterocycles. The van der Waals surface area contributed by atoms with Crippen LogP contribution in [0.4, 0.5) is 17.1 Å². The van der Waals surface area contributed by atoms with Gasteiger partial charge < -0.3 is 20.8 Å². The van der Waals surface area contributed by atoms with Gasteiger partial charge >= 0.3 is 6.98 Å². The molecule has 46 heavy (non-hydrogen) atoms. The third-order valence-corrected chi connectivity index (χ3v) is 11.8. The lowest BCUT2D eigenvalue weighted by Crippen LogP contribution is -2.43. The van der Waals surface area contributed by atoms with Crippen LogP contribution in [0.5, 0.6) is 0 Å². The molecule has 5 nitrogen and oxygen atoms in total. The van der Waals surface area contributed by atoms with E-state index < -0.39 is 0 Å². The van der Waals surface area contributed by atoms with Crippen molar-refractivity contribution in [1.29, 1.82) is 0 Å². The first-order valence-electron chi connectivity index (χ1n) is 17.7. The molecule has 2 saturated carbocycles. The van der Waals surface area contributed by atoms with Crippen molar-refractivity contribution in [3.8, 4) is 0 Å². The minimum Gasteiger partial charge on any atom is -0.506 e. The number of Topliss-reactive ketones (excluding diaryl/α,β-unsaturated/α-hetero) is 1. The quantitative estimate of drug-likeness (QED) is 0.177. The van der Waals surface area contributed by atoms with Crippen molar-refractivity contribution >= 4 is 75.4 Å². The first-order valence-corrected chi connectivity index (χ1v) is 17.7. The summed E-state index contributed by atoms with van der Waals surface area (Å²) in [6.07, 6.45) is 15.1. The number of aliphatic hydroxyl groups excluding tert-OH is 1. The van der Waals surface area contributed by atoms with E-state index in [2.05, 4.69) is 83.3 Å². The number of rotatable bonds is 3. The van der Waals surface area contributed by atoms with E-state index in [1.807, 2.05) is 6.07 Å². The molecule has 2 heterocycles. The fourth-order valence-electron chi connectivity index (χ4n) is 9.46. The molecule has 5 aliphatic rings. The highest BCUT2D eigenvalue weighted by Gasteiger charge is 2.40. The predicted molar refractivity (Wildman–Crippen MR) is 195 cm³/mol. The summed E-state index contributed by atoms with van der Waals surface area (Å²) in [4.78, 5) is 14.3. The molecule has 3 aliphatic carbocycles. The molecule has 1 unspecified atom stereocenters. The summed E-state index contributed by atoms with van der Waals surface area (Å²) >= 11 is 0. The van der Waals surface area contributed by atoms with Crippen LogP contribution in [-0.2, 0) is 4.79 Å². The molecule has 0 saturated heterocycles. The maximum Gasteiger partial charge on any atom is 0.373 e.